The van der Waals surface area contributed by atoms with E-state index in [1.807, 2.05) is 0 Å². The Bertz CT molecular complexity index is 1500. The highest BCUT2D eigenvalue weighted by Gasteiger charge is 2.52. The van der Waals surface area contributed by atoms with Gasteiger partial charge in [-0.2, -0.15) is 9.97 Å². The van der Waals surface area contributed by atoms with E-state index in [1.165, 1.54) is 11.1 Å². The molecule has 2 spiro atoms. The van der Waals surface area contributed by atoms with E-state index in [1.54, 1.807) is 0 Å². The number of hydrogen-bond acceptors (Lipinski definition) is 8. The standard InChI is InChI=1S/C32H40FN7O3.2H2/c1-38-18-23-25(16-32(38)12-4-8-21-7-2-3-9-24(21)32)34-29(43-20-30-10-5-14-40(30)17-22(33)15-30)35-26(23)39-13-6-11-31(19-39)27(41)36-28(42)37-31;;/h2-3,7,9,22H,4-6,8,10-20H2,1H3,(H2,36,37,41,42);2*1H/t22-,30+,31-,32+;;/m1../s1. The fourth-order valence-corrected chi connectivity index (χ4v) is 9.11. The number of benzene rings is 1. The van der Waals surface area contributed by atoms with E-state index < -0.39 is 17.7 Å². The first-order valence-corrected chi connectivity index (χ1v) is 15.9. The van der Waals surface area contributed by atoms with E-state index in [9.17, 15) is 14.0 Å². The molecule has 1 aliphatic carbocycles. The zero-order valence-electron chi connectivity index (χ0n) is 24.8. The van der Waals surface area contributed by atoms with Crippen molar-refractivity contribution >= 4 is 17.8 Å². The molecule has 0 bridgehead atoms. The van der Waals surface area contributed by atoms with Crippen molar-refractivity contribution in [2.75, 3.05) is 44.7 Å². The van der Waals surface area contributed by atoms with Crippen LogP contribution in [0.2, 0.25) is 0 Å². The maximum atomic E-state index is 14.5. The second-order valence-corrected chi connectivity index (χ2v) is 13.7. The van der Waals surface area contributed by atoms with Crippen LogP contribution in [0.25, 0.3) is 0 Å². The number of alkyl halides is 1. The smallest absolute Gasteiger partial charge is 0.322 e. The number of halogens is 1. The number of aromatic nitrogens is 2. The van der Waals surface area contributed by atoms with E-state index in [-0.39, 0.29) is 19.8 Å². The number of likely N-dealkylation sites (N-methyl/N-ethyl adjacent to an activating group) is 1. The van der Waals surface area contributed by atoms with Gasteiger partial charge in [0, 0.05) is 40.9 Å². The highest BCUT2D eigenvalue weighted by molar-refractivity contribution is 6.07. The summed E-state index contributed by atoms with van der Waals surface area (Å²) in [6, 6.07) is 8.66. The zero-order valence-corrected chi connectivity index (χ0v) is 24.8. The van der Waals surface area contributed by atoms with Crippen LogP contribution in [0.4, 0.5) is 15.0 Å². The van der Waals surface area contributed by atoms with Gasteiger partial charge in [0.2, 0.25) is 0 Å². The minimum atomic E-state index is -0.971. The number of anilines is 1. The average molecular weight is 594 g/mol. The van der Waals surface area contributed by atoms with Crippen LogP contribution in [0.5, 0.6) is 6.01 Å². The van der Waals surface area contributed by atoms with Gasteiger partial charge in [-0.25, -0.2) is 9.18 Å². The molecule has 6 heterocycles. The van der Waals surface area contributed by atoms with Crippen LogP contribution < -0.4 is 20.3 Å². The molecule has 0 unspecified atom stereocenters. The molecule has 6 aliphatic rings. The fourth-order valence-electron chi connectivity index (χ4n) is 9.11. The van der Waals surface area contributed by atoms with E-state index >= 15 is 0 Å². The number of nitrogens with zero attached hydrogens (tertiary/aromatic N) is 5. The number of fused-ring (bicyclic) bond motifs is 4. The second-order valence-electron chi connectivity index (χ2n) is 13.7. The molecule has 5 aliphatic heterocycles. The first kappa shape index (κ1) is 27.3. The molecule has 4 saturated heterocycles. The highest BCUT2D eigenvalue weighted by atomic mass is 19.1. The molecule has 4 fully saturated rings. The van der Waals surface area contributed by atoms with Crippen molar-refractivity contribution in [3.05, 3.63) is 46.6 Å². The van der Waals surface area contributed by atoms with Gasteiger partial charge < -0.3 is 15.0 Å². The molecule has 0 saturated carbocycles. The number of rotatable bonds is 4. The molecule has 2 aromatic rings. The molecule has 8 rings (SSSR count). The number of imide groups is 1. The van der Waals surface area contributed by atoms with Crippen molar-refractivity contribution in [1.29, 1.82) is 0 Å². The average Bonchev–Trinajstić information content (AvgIpc) is 3.61. The third kappa shape index (κ3) is 4.25. The molecular weight excluding hydrogens is 549 g/mol. The van der Waals surface area contributed by atoms with Gasteiger partial charge in [0.05, 0.1) is 23.3 Å². The fraction of sp³-hybridized carbons (Fsp3) is 0.625. The summed E-state index contributed by atoms with van der Waals surface area (Å²) in [4.78, 5) is 42.0. The Kier molecular flexibility index (Phi) is 6.24. The summed E-state index contributed by atoms with van der Waals surface area (Å²) in [5, 5.41) is 5.34. The van der Waals surface area contributed by atoms with Gasteiger partial charge >= 0.3 is 12.0 Å². The topological polar surface area (TPSA) is 103 Å². The van der Waals surface area contributed by atoms with Gasteiger partial charge in [0.25, 0.3) is 5.91 Å². The van der Waals surface area contributed by atoms with E-state index in [2.05, 4.69) is 56.6 Å². The molecule has 232 valence electrons. The van der Waals surface area contributed by atoms with Gasteiger partial charge in [0.15, 0.2) is 0 Å². The lowest BCUT2D eigenvalue weighted by Gasteiger charge is -2.50. The Hall–Kier alpha value is -3.31. The van der Waals surface area contributed by atoms with E-state index in [0.717, 1.165) is 68.6 Å². The van der Waals surface area contributed by atoms with Gasteiger partial charge in [-0.1, -0.05) is 24.3 Å². The van der Waals surface area contributed by atoms with E-state index in [0.29, 0.717) is 51.6 Å². The summed E-state index contributed by atoms with van der Waals surface area (Å²) in [7, 11) is 2.20. The third-order valence-corrected chi connectivity index (χ3v) is 11.2. The minimum Gasteiger partial charge on any atom is -0.461 e. The van der Waals surface area contributed by atoms with Gasteiger partial charge in [-0.05, 0) is 69.7 Å². The van der Waals surface area contributed by atoms with Crippen LogP contribution in [-0.2, 0) is 29.7 Å². The molecule has 10 nitrogen and oxygen atoms in total. The third-order valence-electron chi connectivity index (χ3n) is 11.2. The van der Waals surface area contributed by atoms with Crippen LogP contribution in [0.1, 0.15) is 70.2 Å². The van der Waals surface area contributed by atoms with Gasteiger partial charge in [0.1, 0.15) is 24.1 Å². The van der Waals surface area contributed by atoms with Crippen molar-refractivity contribution in [2.24, 2.45) is 0 Å². The maximum Gasteiger partial charge on any atom is 0.322 e. The number of amides is 3. The normalized spacial score (nSPS) is 33.8. The molecule has 11 heteroatoms. The number of aryl methyl sites for hydroxylation is 1. The maximum absolute atomic E-state index is 14.5. The lowest BCUT2D eigenvalue weighted by atomic mass is 9.71. The van der Waals surface area contributed by atoms with Crippen LogP contribution in [-0.4, -0.2) is 88.8 Å². The molecular formula is C32H44FN7O3. The monoisotopic (exact) mass is 593 g/mol. The Morgan fingerprint density at radius 2 is 1.98 bits per heavy atom. The van der Waals surface area contributed by atoms with Crippen molar-refractivity contribution in [3.8, 4) is 6.01 Å². The first-order chi connectivity index (χ1) is 20.8. The number of hydrogen-bond donors (Lipinski definition) is 2. The summed E-state index contributed by atoms with van der Waals surface area (Å²) in [6.07, 6.45) is 6.92. The summed E-state index contributed by atoms with van der Waals surface area (Å²) in [6.45, 7) is 3.46. The molecule has 43 heavy (non-hydrogen) atoms. The van der Waals surface area contributed by atoms with Crippen LogP contribution >= 0.6 is 0 Å². The molecule has 3 amide bonds. The second kappa shape index (κ2) is 9.85. The van der Waals surface area contributed by atoms with Crippen molar-refractivity contribution in [1.82, 2.24) is 30.4 Å². The number of carbonyl (C=O) groups excluding carboxylic acids is 2. The predicted molar refractivity (Wildman–Crippen MR) is 162 cm³/mol. The lowest BCUT2D eigenvalue weighted by molar-refractivity contribution is -0.124. The summed E-state index contributed by atoms with van der Waals surface area (Å²) in [5.41, 5.74) is 3.37. The summed E-state index contributed by atoms with van der Waals surface area (Å²) in [5.74, 6) is 0.494. The molecule has 2 N–H and O–H groups in total. The Balaban J connectivity index is 0.00000179. The quantitative estimate of drug-likeness (QED) is 0.521. The Morgan fingerprint density at radius 3 is 2.84 bits per heavy atom. The predicted octanol–water partition coefficient (Wildman–Crippen LogP) is 3.32. The molecule has 1 aromatic carbocycles. The van der Waals surface area contributed by atoms with Gasteiger partial charge in [-0.15, -0.1) is 0 Å². The Morgan fingerprint density at radius 1 is 1.12 bits per heavy atom. The Labute approximate surface area is 254 Å². The largest absolute Gasteiger partial charge is 0.461 e. The first-order valence-electron chi connectivity index (χ1n) is 15.9. The molecule has 4 atom stereocenters. The van der Waals surface area contributed by atoms with Gasteiger partial charge in [-0.3, -0.25) is 19.9 Å². The van der Waals surface area contributed by atoms with E-state index in [4.69, 9.17) is 14.7 Å². The zero-order chi connectivity index (χ0) is 29.4. The number of carbonyl (C=O) groups is 2. The van der Waals surface area contributed by atoms with Crippen molar-refractivity contribution in [3.63, 3.8) is 0 Å². The number of piperidine rings is 1. The summed E-state index contributed by atoms with van der Waals surface area (Å²) < 4.78 is 21.0. The highest BCUT2D eigenvalue weighted by Crippen LogP contribution is 2.47. The van der Waals surface area contributed by atoms with Crippen molar-refractivity contribution < 1.29 is 21.6 Å². The van der Waals surface area contributed by atoms with Crippen LogP contribution in [0.3, 0.4) is 0 Å². The molecule has 1 aromatic heterocycles. The van der Waals surface area contributed by atoms with Crippen LogP contribution in [0, 0.1) is 0 Å². The lowest BCUT2D eigenvalue weighted by Crippen LogP contribution is -2.59. The number of urea groups is 1. The molecule has 0 radical (unpaired) electrons. The van der Waals surface area contributed by atoms with Crippen LogP contribution in [0.15, 0.2) is 24.3 Å². The number of ether oxygens (including phenoxy) is 1. The SMILES string of the molecule is CN1Cc2c(nc(OC[C@@]34CCCN3C[C@H](F)C4)nc2N2CCC[C@]3(C2)NC(=O)NC3=O)C[C@]12CCCc1ccccc12.[HH].[HH]. The van der Waals surface area contributed by atoms with Crippen molar-refractivity contribution in [2.45, 2.75) is 87.1 Å². The summed E-state index contributed by atoms with van der Waals surface area (Å²) >= 11 is 0. The number of nitrogens with one attached hydrogen (secondary N) is 2. The minimum absolute atomic E-state index is 0.